The number of nitrogens with zero attached hydrogens (tertiary/aromatic N) is 4. The number of alkyl halides is 3. The first-order valence-corrected chi connectivity index (χ1v) is 7.31. The van der Waals surface area contributed by atoms with E-state index in [9.17, 15) is 13.2 Å². The van der Waals surface area contributed by atoms with Crippen LogP contribution in [0.3, 0.4) is 0 Å². The second-order valence-electron chi connectivity index (χ2n) is 5.72. The molecule has 1 atom stereocenters. The van der Waals surface area contributed by atoms with Crippen LogP contribution in [0.4, 0.5) is 18.9 Å². The highest BCUT2D eigenvalue weighted by atomic mass is 19.4. The van der Waals surface area contributed by atoms with Crippen molar-refractivity contribution in [3.63, 3.8) is 0 Å². The minimum Gasteiger partial charge on any atom is -0.364 e. The summed E-state index contributed by atoms with van der Waals surface area (Å²) in [5.74, 6) is 0.431. The van der Waals surface area contributed by atoms with E-state index in [2.05, 4.69) is 20.6 Å². The van der Waals surface area contributed by atoms with E-state index in [1.807, 2.05) is 4.90 Å². The lowest BCUT2D eigenvalue weighted by Gasteiger charge is -2.26. The summed E-state index contributed by atoms with van der Waals surface area (Å²) in [7, 11) is 0. The van der Waals surface area contributed by atoms with Crippen molar-refractivity contribution in [3.05, 3.63) is 34.6 Å². The number of hydrogen-bond donors (Lipinski definition) is 2. The molecule has 1 aliphatic rings. The summed E-state index contributed by atoms with van der Waals surface area (Å²) in [6.07, 6.45) is -2.89. The Morgan fingerprint density at radius 3 is 2.83 bits per heavy atom. The molecule has 0 spiro atoms. The molecule has 1 aromatic carbocycles. The predicted octanol–water partition coefficient (Wildman–Crippen LogP) is 2.33. The molecule has 2 aromatic rings. The summed E-state index contributed by atoms with van der Waals surface area (Å²) in [6, 6.07) is 2.47. The van der Waals surface area contributed by atoms with Crippen LogP contribution in [0, 0.1) is 6.92 Å². The van der Waals surface area contributed by atoms with Crippen LogP contribution in [0.15, 0.2) is 12.1 Å². The van der Waals surface area contributed by atoms with E-state index in [-0.39, 0.29) is 18.2 Å². The lowest BCUT2D eigenvalue weighted by Crippen LogP contribution is -2.25. The number of tetrazole rings is 1. The standard InChI is InChI=1S/C14H17F3N6/c1-8-5-9-11(18)3-2-4-23(7-13-19-21-22-20-13)12(9)6-10(8)14(15,16)17/h5-6,11H,2-4,7,18H2,1H3,(H,19,20,21,22). The van der Waals surface area contributed by atoms with E-state index in [1.165, 1.54) is 13.0 Å². The first kappa shape index (κ1) is 15.7. The van der Waals surface area contributed by atoms with E-state index < -0.39 is 11.7 Å². The number of nitrogens with one attached hydrogen (secondary N) is 1. The van der Waals surface area contributed by atoms with Crippen LogP contribution in [0.2, 0.25) is 0 Å². The van der Waals surface area contributed by atoms with E-state index in [0.717, 1.165) is 18.4 Å². The van der Waals surface area contributed by atoms with Crippen molar-refractivity contribution in [2.24, 2.45) is 5.73 Å². The first-order chi connectivity index (χ1) is 10.9. The number of fused-ring (bicyclic) bond motifs is 1. The van der Waals surface area contributed by atoms with Crippen LogP contribution >= 0.6 is 0 Å². The van der Waals surface area contributed by atoms with E-state index in [4.69, 9.17) is 5.73 Å². The summed E-state index contributed by atoms with van der Waals surface area (Å²) in [6.45, 7) is 2.34. The Morgan fingerprint density at radius 2 is 2.17 bits per heavy atom. The summed E-state index contributed by atoms with van der Waals surface area (Å²) >= 11 is 0. The molecule has 0 bridgehead atoms. The summed E-state index contributed by atoms with van der Waals surface area (Å²) in [4.78, 5) is 1.84. The number of aromatic amines is 1. The van der Waals surface area contributed by atoms with Gasteiger partial charge in [-0.1, -0.05) is 11.3 Å². The molecule has 3 N–H and O–H groups in total. The maximum Gasteiger partial charge on any atom is 0.416 e. The van der Waals surface area contributed by atoms with Crippen molar-refractivity contribution >= 4 is 5.69 Å². The average Bonchev–Trinajstić information content (AvgIpc) is 2.92. The third kappa shape index (κ3) is 3.14. The lowest BCUT2D eigenvalue weighted by molar-refractivity contribution is -0.138. The Bertz CT molecular complexity index is 683. The number of hydrogen-bond acceptors (Lipinski definition) is 5. The van der Waals surface area contributed by atoms with E-state index in [1.54, 1.807) is 6.07 Å². The van der Waals surface area contributed by atoms with Gasteiger partial charge in [-0.15, -0.1) is 10.2 Å². The third-order valence-corrected chi connectivity index (χ3v) is 4.08. The van der Waals surface area contributed by atoms with Gasteiger partial charge in [0.05, 0.1) is 12.1 Å². The zero-order valence-electron chi connectivity index (χ0n) is 12.6. The van der Waals surface area contributed by atoms with Gasteiger partial charge in [-0.25, -0.2) is 0 Å². The molecule has 0 saturated heterocycles. The Hall–Kier alpha value is -2.16. The summed E-state index contributed by atoms with van der Waals surface area (Å²) in [5, 5.41) is 13.6. The van der Waals surface area contributed by atoms with Crippen LogP contribution < -0.4 is 10.6 Å². The Balaban J connectivity index is 2.07. The van der Waals surface area contributed by atoms with Gasteiger partial charge < -0.3 is 10.6 Å². The number of aromatic nitrogens is 4. The SMILES string of the molecule is Cc1cc2c(cc1C(F)(F)F)N(Cc1nn[nH]n1)CCCC2N. The number of benzene rings is 1. The zero-order valence-corrected chi connectivity index (χ0v) is 12.6. The van der Waals surface area contributed by atoms with Crippen LogP contribution in [0.1, 0.15) is 41.4 Å². The van der Waals surface area contributed by atoms with Crippen molar-refractivity contribution in [2.75, 3.05) is 11.4 Å². The fourth-order valence-electron chi connectivity index (χ4n) is 2.96. The molecule has 1 unspecified atom stereocenters. The van der Waals surface area contributed by atoms with Gasteiger partial charge in [0, 0.05) is 18.3 Å². The Morgan fingerprint density at radius 1 is 1.39 bits per heavy atom. The number of nitrogens with two attached hydrogens (primary N) is 1. The molecule has 124 valence electrons. The quantitative estimate of drug-likeness (QED) is 0.885. The van der Waals surface area contributed by atoms with Crippen molar-refractivity contribution in [2.45, 2.75) is 38.5 Å². The van der Waals surface area contributed by atoms with Gasteiger partial charge in [0.1, 0.15) is 0 Å². The molecule has 0 amide bonds. The van der Waals surface area contributed by atoms with Gasteiger partial charge in [-0.3, -0.25) is 0 Å². The van der Waals surface area contributed by atoms with E-state index in [0.29, 0.717) is 18.1 Å². The molecule has 1 aliphatic heterocycles. The fraction of sp³-hybridized carbons (Fsp3) is 0.500. The monoisotopic (exact) mass is 326 g/mol. The second kappa shape index (κ2) is 5.80. The predicted molar refractivity (Wildman–Crippen MR) is 77.6 cm³/mol. The maximum atomic E-state index is 13.2. The lowest BCUT2D eigenvalue weighted by atomic mass is 9.96. The van der Waals surface area contributed by atoms with Gasteiger partial charge in [-0.2, -0.15) is 18.4 Å². The zero-order chi connectivity index (χ0) is 16.6. The molecule has 0 radical (unpaired) electrons. The molecule has 0 saturated carbocycles. The largest absolute Gasteiger partial charge is 0.416 e. The highest BCUT2D eigenvalue weighted by Crippen LogP contribution is 2.40. The smallest absolute Gasteiger partial charge is 0.364 e. The number of rotatable bonds is 2. The van der Waals surface area contributed by atoms with Crippen molar-refractivity contribution in [1.82, 2.24) is 20.6 Å². The topological polar surface area (TPSA) is 83.7 Å². The molecular formula is C14H17F3N6. The number of aryl methyl sites for hydroxylation is 1. The molecular weight excluding hydrogens is 309 g/mol. The van der Waals surface area contributed by atoms with Crippen LogP contribution in [0.25, 0.3) is 0 Å². The number of halogens is 3. The van der Waals surface area contributed by atoms with Crippen LogP contribution in [-0.2, 0) is 12.7 Å². The van der Waals surface area contributed by atoms with Gasteiger partial charge in [0.2, 0.25) is 0 Å². The maximum absolute atomic E-state index is 13.2. The van der Waals surface area contributed by atoms with Crippen LogP contribution in [0.5, 0.6) is 0 Å². The van der Waals surface area contributed by atoms with Crippen molar-refractivity contribution in [3.8, 4) is 0 Å². The van der Waals surface area contributed by atoms with Gasteiger partial charge in [-0.05, 0) is 37.0 Å². The molecule has 23 heavy (non-hydrogen) atoms. The Kier molecular flexibility index (Phi) is 3.97. The second-order valence-corrected chi connectivity index (χ2v) is 5.72. The molecule has 2 heterocycles. The number of anilines is 1. The first-order valence-electron chi connectivity index (χ1n) is 7.31. The highest BCUT2D eigenvalue weighted by Gasteiger charge is 2.35. The molecule has 3 rings (SSSR count). The van der Waals surface area contributed by atoms with E-state index >= 15 is 0 Å². The van der Waals surface area contributed by atoms with Gasteiger partial charge >= 0.3 is 6.18 Å². The molecule has 1 aromatic heterocycles. The van der Waals surface area contributed by atoms with Crippen molar-refractivity contribution < 1.29 is 13.2 Å². The minimum atomic E-state index is -4.40. The molecule has 6 nitrogen and oxygen atoms in total. The average molecular weight is 326 g/mol. The minimum absolute atomic E-state index is 0.188. The fourth-order valence-corrected chi connectivity index (χ4v) is 2.96. The Labute approximate surface area is 130 Å². The van der Waals surface area contributed by atoms with Gasteiger partial charge in [0.25, 0.3) is 0 Å². The van der Waals surface area contributed by atoms with Gasteiger partial charge in [0.15, 0.2) is 5.82 Å². The third-order valence-electron chi connectivity index (χ3n) is 4.08. The summed E-state index contributed by atoms with van der Waals surface area (Å²) < 4.78 is 39.7. The normalized spacial score (nSPS) is 18.7. The highest BCUT2D eigenvalue weighted by molar-refractivity contribution is 5.60. The summed E-state index contributed by atoms with van der Waals surface area (Å²) in [5.41, 5.74) is 6.94. The molecule has 9 heteroatoms. The number of H-pyrrole nitrogens is 1. The molecule has 0 fully saturated rings. The van der Waals surface area contributed by atoms with Crippen LogP contribution in [-0.4, -0.2) is 27.2 Å². The molecule has 0 aliphatic carbocycles. The van der Waals surface area contributed by atoms with Crippen molar-refractivity contribution in [1.29, 1.82) is 0 Å².